The van der Waals surface area contributed by atoms with Crippen molar-refractivity contribution < 1.29 is 4.42 Å². The van der Waals surface area contributed by atoms with Crippen molar-refractivity contribution in [2.45, 2.75) is 0 Å². The Morgan fingerprint density at radius 3 is 1.44 bits per heavy atom. The predicted octanol–water partition coefficient (Wildman–Crippen LogP) is 15.0. The summed E-state index contributed by atoms with van der Waals surface area (Å²) in [5, 5.41) is 11.9. The van der Waals surface area contributed by atoms with Crippen molar-refractivity contribution in [3.8, 4) is 95.9 Å². The van der Waals surface area contributed by atoms with Gasteiger partial charge < -0.3 is 4.42 Å². The standard InChI is InChI=1S/C58H36N4O/c59-37-49-16-7-8-21-50(49)42-28-30-43(31-29-42)56-60-57(47-20-10-18-45(35-47)41-26-24-40(25-27-41)38-12-3-1-4-13-38)62-58(61-56)48-32-33-52-54(36-48)63-53-23-11-22-51(55(52)53)46-19-9-17-44(34-46)39-14-5-2-6-15-39/h1-36H. The van der Waals surface area contributed by atoms with Crippen LogP contribution in [0.3, 0.4) is 0 Å². The molecule has 0 unspecified atom stereocenters. The van der Waals surface area contributed by atoms with Crippen molar-refractivity contribution in [2.24, 2.45) is 0 Å². The molecule has 0 aliphatic carbocycles. The zero-order chi connectivity index (χ0) is 42.1. The molecular weight excluding hydrogens is 769 g/mol. The Labute approximate surface area is 364 Å². The Balaban J connectivity index is 1.01. The van der Waals surface area contributed by atoms with Crippen LogP contribution in [0, 0.1) is 11.3 Å². The molecule has 5 heteroatoms. The van der Waals surface area contributed by atoms with Crippen molar-refractivity contribution in [2.75, 3.05) is 0 Å². The van der Waals surface area contributed by atoms with Crippen LogP contribution < -0.4 is 0 Å². The number of fused-ring (bicyclic) bond motifs is 3. The summed E-state index contributed by atoms with van der Waals surface area (Å²) in [4.78, 5) is 15.3. The highest BCUT2D eigenvalue weighted by Gasteiger charge is 2.18. The fourth-order valence-corrected chi connectivity index (χ4v) is 8.42. The molecule has 5 nitrogen and oxygen atoms in total. The van der Waals surface area contributed by atoms with Gasteiger partial charge in [0, 0.05) is 27.5 Å². The lowest BCUT2D eigenvalue weighted by Gasteiger charge is -2.11. The Morgan fingerprint density at radius 1 is 0.317 bits per heavy atom. The van der Waals surface area contributed by atoms with E-state index in [1.54, 1.807) is 0 Å². The monoisotopic (exact) mass is 804 g/mol. The van der Waals surface area contributed by atoms with Gasteiger partial charge in [-0.15, -0.1) is 0 Å². The van der Waals surface area contributed by atoms with E-state index in [0.717, 1.165) is 77.6 Å². The molecule has 2 aromatic heterocycles. The van der Waals surface area contributed by atoms with Gasteiger partial charge in [-0.25, -0.2) is 15.0 Å². The van der Waals surface area contributed by atoms with Crippen molar-refractivity contribution in [3.05, 3.63) is 224 Å². The summed E-state index contributed by atoms with van der Waals surface area (Å²) in [5.41, 5.74) is 15.6. The average molecular weight is 805 g/mol. The van der Waals surface area contributed by atoms with Crippen LogP contribution in [0.2, 0.25) is 0 Å². The van der Waals surface area contributed by atoms with Crippen molar-refractivity contribution in [3.63, 3.8) is 0 Å². The minimum atomic E-state index is 0.532. The fourth-order valence-electron chi connectivity index (χ4n) is 8.42. The van der Waals surface area contributed by atoms with Gasteiger partial charge in [0.25, 0.3) is 0 Å². The van der Waals surface area contributed by atoms with Gasteiger partial charge in [0.2, 0.25) is 0 Å². The van der Waals surface area contributed by atoms with Gasteiger partial charge in [-0.1, -0.05) is 182 Å². The molecule has 0 fully saturated rings. The number of nitrogens with zero attached hydrogens (tertiary/aromatic N) is 4. The van der Waals surface area contributed by atoms with Gasteiger partial charge in [-0.2, -0.15) is 5.26 Å². The SMILES string of the molecule is N#Cc1ccccc1-c1ccc(-c2nc(-c3cccc(-c4ccc(-c5ccccc5)cc4)c3)nc(-c3ccc4c(c3)oc3cccc(-c5cccc(-c6ccccc6)c5)c34)n2)cc1. The summed E-state index contributed by atoms with van der Waals surface area (Å²) in [7, 11) is 0. The molecule has 0 radical (unpaired) electrons. The van der Waals surface area contributed by atoms with E-state index in [1.165, 1.54) is 16.7 Å². The van der Waals surface area contributed by atoms with E-state index in [0.29, 0.717) is 23.0 Å². The van der Waals surface area contributed by atoms with Gasteiger partial charge in [-0.3, -0.25) is 0 Å². The Kier molecular flexibility index (Phi) is 9.50. The van der Waals surface area contributed by atoms with E-state index in [2.05, 4.69) is 140 Å². The maximum Gasteiger partial charge on any atom is 0.164 e. The summed E-state index contributed by atoms with van der Waals surface area (Å²) >= 11 is 0. The molecule has 9 aromatic carbocycles. The Hall–Kier alpha value is -8.72. The zero-order valence-corrected chi connectivity index (χ0v) is 34.0. The number of rotatable bonds is 8. The molecule has 0 N–H and O–H groups in total. The van der Waals surface area contributed by atoms with Crippen LogP contribution in [0.15, 0.2) is 223 Å². The molecule has 0 spiro atoms. The average Bonchev–Trinajstić information content (AvgIpc) is 3.75. The van der Waals surface area contributed by atoms with Crippen LogP contribution in [-0.2, 0) is 0 Å². The quantitative estimate of drug-likeness (QED) is 0.153. The lowest BCUT2D eigenvalue weighted by molar-refractivity contribution is 0.669. The first-order valence-corrected chi connectivity index (χ1v) is 20.9. The van der Waals surface area contributed by atoms with E-state index in [-0.39, 0.29) is 0 Å². The second-order valence-electron chi connectivity index (χ2n) is 15.5. The van der Waals surface area contributed by atoms with Crippen LogP contribution in [0.25, 0.3) is 112 Å². The Morgan fingerprint density at radius 2 is 0.762 bits per heavy atom. The third-order valence-electron chi connectivity index (χ3n) is 11.6. The molecule has 0 bridgehead atoms. The number of benzene rings is 9. The summed E-state index contributed by atoms with van der Waals surface area (Å²) in [6.45, 7) is 0. The molecule has 11 rings (SSSR count). The third kappa shape index (κ3) is 7.22. The van der Waals surface area contributed by atoms with Gasteiger partial charge in [0.15, 0.2) is 17.5 Å². The van der Waals surface area contributed by atoms with Gasteiger partial charge in [0.1, 0.15) is 11.2 Å². The second kappa shape index (κ2) is 16.0. The third-order valence-corrected chi connectivity index (χ3v) is 11.6. The maximum absolute atomic E-state index is 9.78. The number of hydrogen-bond donors (Lipinski definition) is 0. The minimum absolute atomic E-state index is 0.532. The number of aromatic nitrogens is 3. The smallest absolute Gasteiger partial charge is 0.164 e. The van der Waals surface area contributed by atoms with Crippen molar-refractivity contribution in [1.29, 1.82) is 5.26 Å². The molecule has 0 atom stereocenters. The van der Waals surface area contributed by atoms with E-state index >= 15 is 0 Å². The molecule has 0 saturated heterocycles. The van der Waals surface area contributed by atoms with E-state index in [9.17, 15) is 5.26 Å². The van der Waals surface area contributed by atoms with Gasteiger partial charge in [0.05, 0.1) is 11.6 Å². The van der Waals surface area contributed by atoms with Crippen molar-refractivity contribution in [1.82, 2.24) is 15.0 Å². The number of furan rings is 1. The first kappa shape index (κ1) is 37.3. The van der Waals surface area contributed by atoms with Crippen LogP contribution in [-0.4, -0.2) is 15.0 Å². The first-order chi connectivity index (χ1) is 31.1. The van der Waals surface area contributed by atoms with Crippen LogP contribution >= 0.6 is 0 Å². The molecular formula is C58H36N4O. The highest BCUT2D eigenvalue weighted by molar-refractivity contribution is 6.13. The molecule has 63 heavy (non-hydrogen) atoms. The molecule has 0 amide bonds. The van der Waals surface area contributed by atoms with Crippen LogP contribution in [0.1, 0.15) is 5.56 Å². The number of nitriles is 1. The molecule has 0 aliphatic heterocycles. The Bertz CT molecular complexity index is 3500. The fraction of sp³-hybridized carbons (Fsp3) is 0. The molecule has 11 aromatic rings. The maximum atomic E-state index is 9.78. The highest BCUT2D eigenvalue weighted by atomic mass is 16.3. The topological polar surface area (TPSA) is 75.6 Å². The normalized spacial score (nSPS) is 11.2. The van der Waals surface area contributed by atoms with E-state index in [4.69, 9.17) is 19.4 Å². The second-order valence-corrected chi connectivity index (χ2v) is 15.5. The largest absolute Gasteiger partial charge is 0.456 e. The summed E-state index contributed by atoms with van der Waals surface area (Å²) < 4.78 is 6.60. The number of hydrogen-bond acceptors (Lipinski definition) is 5. The highest BCUT2D eigenvalue weighted by Crippen LogP contribution is 2.40. The van der Waals surface area contributed by atoms with E-state index in [1.807, 2.05) is 84.9 Å². The molecule has 0 aliphatic rings. The first-order valence-electron chi connectivity index (χ1n) is 20.9. The predicted molar refractivity (Wildman–Crippen MR) is 255 cm³/mol. The van der Waals surface area contributed by atoms with Crippen LogP contribution in [0.4, 0.5) is 0 Å². The lowest BCUT2D eigenvalue weighted by Crippen LogP contribution is -2.00. The lowest BCUT2D eigenvalue weighted by atomic mass is 9.96. The minimum Gasteiger partial charge on any atom is -0.456 e. The van der Waals surface area contributed by atoms with Crippen molar-refractivity contribution >= 4 is 21.9 Å². The summed E-state index contributed by atoms with van der Waals surface area (Å²) in [6, 6.07) is 77.0. The van der Waals surface area contributed by atoms with E-state index < -0.39 is 0 Å². The molecule has 294 valence electrons. The zero-order valence-electron chi connectivity index (χ0n) is 34.0. The summed E-state index contributed by atoms with van der Waals surface area (Å²) in [5.74, 6) is 1.63. The van der Waals surface area contributed by atoms with Crippen LogP contribution in [0.5, 0.6) is 0 Å². The van der Waals surface area contributed by atoms with Gasteiger partial charge >= 0.3 is 0 Å². The van der Waals surface area contributed by atoms with Gasteiger partial charge in [-0.05, 0) is 92.0 Å². The molecule has 0 saturated carbocycles. The summed E-state index contributed by atoms with van der Waals surface area (Å²) in [6.07, 6.45) is 0. The molecule has 2 heterocycles.